The summed E-state index contributed by atoms with van der Waals surface area (Å²) in [6.07, 6.45) is 1.46. The smallest absolute Gasteiger partial charge is 0.243 e. The number of hydrogen-bond acceptors (Lipinski definition) is 10. The summed E-state index contributed by atoms with van der Waals surface area (Å²) < 4.78 is 32.2. The summed E-state index contributed by atoms with van der Waals surface area (Å²) in [5.41, 5.74) is 2.22. The van der Waals surface area contributed by atoms with E-state index in [9.17, 15) is 13.7 Å². The maximum Gasteiger partial charge on any atom is 0.243 e. The van der Waals surface area contributed by atoms with Gasteiger partial charge >= 0.3 is 0 Å². The van der Waals surface area contributed by atoms with Crippen LogP contribution in [0.1, 0.15) is 11.3 Å². The summed E-state index contributed by atoms with van der Waals surface area (Å²) in [7, 11) is -1.78. The molecule has 2 aromatic heterocycles. The molecule has 1 aliphatic heterocycles. The Morgan fingerprint density at radius 2 is 1.91 bits per heavy atom. The molecule has 0 bridgehead atoms. The van der Waals surface area contributed by atoms with Crippen molar-refractivity contribution in [2.45, 2.75) is 11.8 Å². The standard InChI is InChI=1S/C20H21N7O3S2/c1-13-18(31-20(22-2)24-13)17-14(11-21)12-23-19(26-17)25-15-3-5-16(6-4-15)32(28,29)27-7-9-30-10-8-27/h3-6,12H,7-10H2,1-2H3,(H,22,24)(H,23,25,26). The fourth-order valence-corrected chi connectivity index (χ4v) is 5.53. The van der Waals surface area contributed by atoms with Crippen molar-refractivity contribution >= 4 is 38.1 Å². The zero-order valence-corrected chi connectivity index (χ0v) is 19.1. The van der Waals surface area contributed by atoms with Gasteiger partial charge in [0.1, 0.15) is 11.8 Å². The molecule has 4 rings (SSSR count). The van der Waals surface area contributed by atoms with E-state index in [-0.39, 0.29) is 4.90 Å². The molecule has 1 saturated heterocycles. The van der Waals surface area contributed by atoms with Crippen LogP contribution in [0.3, 0.4) is 0 Å². The summed E-state index contributed by atoms with van der Waals surface area (Å²) in [4.78, 5) is 14.1. The van der Waals surface area contributed by atoms with Gasteiger partial charge in [-0.1, -0.05) is 11.3 Å². The number of nitrogens with zero attached hydrogens (tertiary/aromatic N) is 5. The zero-order valence-electron chi connectivity index (χ0n) is 17.5. The van der Waals surface area contributed by atoms with Crippen molar-refractivity contribution in [1.82, 2.24) is 19.3 Å². The minimum absolute atomic E-state index is 0.214. The van der Waals surface area contributed by atoms with Crippen LogP contribution in [0.4, 0.5) is 16.8 Å². The van der Waals surface area contributed by atoms with E-state index < -0.39 is 10.0 Å². The molecular formula is C20H21N7O3S2. The predicted molar refractivity (Wildman–Crippen MR) is 121 cm³/mol. The molecule has 0 aliphatic carbocycles. The molecule has 10 nitrogen and oxygen atoms in total. The van der Waals surface area contributed by atoms with Gasteiger partial charge in [-0.15, -0.1) is 0 Å². The number of morpholine rings is 1. The van der Waals surface area contributed by atoms with E-state index >= 15 is 0 Å². The van der Waals surface area contributed by atoms with Crippen molar-refractivity contribution in [1.29, 1.82) is 5.26 Å². The van der Waals surface area contributed by atoms with E-state index in [1.165, 1.54) is 21.8 Å². The molecule has 0 saturated carbocycles. The highest BCUT2D eigenvalue weighted by Gasteiger charge is 2.26. The van der Waals surface area contributed by atoms with Crippen molar-refractivity contribution < 1.29 is 13.2 Å². The average molecular weight is 472 g/mol. The monoisotopic (exact) mass is 471 g/mol. The lowest BCUT2D eigenvalue weighted by molar-refractivity contribution is 0.0730. The van der Waals surface area contributed by atoms with Gasteiger partial charge in [-0.2, -0.15) is 9.57 Å². The summed E-state index contributed by atoms with van der Waals surface area (Å²) in [5, 5.41) is 16.3. The molecule has 0 unspecified atom stereocenters. The van der Waals surface area contributed by atoms with Gasteiger partial charge in [0.05, 0.1) is 40.4 Å². The molecule has 32 heavy (non-hydrogen) atoms. The lowest BCUT2D eigenvalue weighted by atomic mass is 10.2. The van der Waals surface area contributed by atoms with Crippen LogP contribution >= 0.6 is 11.3 Å². The Kier molecular flexibility index (Phi) is 6.33. The largest absolute Gasteiger partial charge is 0.379 e. The Bertz CT molecular complexity index is 1260. The topological polar surface area (TPSA) is 133 Å². The van der Waals surface area contributed by atoms with Crippen molar-refractivity contribution in [2.24, 2.45) is 0 Å². The number of ether oxygens (including phenoxy) is 1. The minimum Gasteiger partial charge on any atom is -0.379 e. The van der Waals surface area contributed by atoms with Crippen molar-refractivity contribution in [3.05, 3.63) is 41.7 Å². The van der Waals surface area contributed by atoms with Crippen LogP contribution in [0.2, 0.25) is 0 Å². The second-order valence-corrected chi connectivity index (χ2v) is 9.85. The fourth-order valence-electron chi connectivity index (χ4n) is 3.20. The lowest BCUT2D eigenvalue weighted by Gasteiger charge is -2.26. The maximum atomic E-state index is 12.8. The van der Waals surface area contributed by atoms with Crippen molar-refractivity contribution in [3.63, 3.8) is 0 Å². The number of nitriles is 1. The molecule has 3 aromatic rings. The number of aryl methyl sites for hydroxylation is 1. The molecule has 1 aliphatic rings. The number of anilines is 3. The van der Waals surface area contributed by atoms with Gasteiger partial charge < -0.3 is 15.4 Å². The summed E-state index contributed by atoms with van der Waals surface area (Å²) in [6.45, 7) is 3.34. The van der Waals surface area contributed by atoms with Gasteiger partial charge in [-0.25, -0.2) is 23.4 Å². The predicted octanol–water partition coefficient (Wildman–Crippen LogP) is 2.59. The van der Waals surface area contributed by atoms with E-state index in [0.717, 1.165) is 15.7 Å². The van der Waals surface area contributed by atoms with E-state index in [1.807, 2.05) is 6.92 Å². The first-order valence-electron chi connectivity index (χ1n) is 9.80. The maximum absolute atomic E-state index is 12.8. The highest BCUT2D eigenvalue weighted by molar-refractivity contribution is 7.89. The summed E-state index contributed by atoms with van der Waals surface area (Å²) >= 11 is 1.40. The Hall–Kier alpha value is -3.11. The molecule has 2 N–H and O–H groups in total. The average Bonchev–Trinajstić information content (AvgIpc) is 3.20. The number of sulfonamides is 1. The Labute approximate surface area is 190 Å². The summed E-state index contributed by atoms with van der Waals surface area (Å²) in [6, 6.07) is 8.53. The highest BCUT2D eigenvalue weighted by atomic mass is 32.2. The van der Waals surface area contributed by atoms with Crippen LogP contribution in [0.25, 0.3) is 10.6 Å². The molecule has 0 amide bonds. The van der Waals surface area contributed by atoms with E-state index in [4.69, 9.17) is 4.74 Å². The quantitative estimate of drug-likeness (QED) is 0.556. The molecule has 0 spiro atoms. The number of aromatic nitrogens is 3. The van der Waals surface area contributed by atoms with Crippen molar-refractivity contribution in [2.75, 3.05) is 44.0 Å². The lowest BCUT2D eigenvalue weighted by Crippen LogP contribution is -2.40. The summed E-state index contributed by atoms with van der Waals surface area (Å²) in [5.74, 6) is 0.293. The third-order valence-electron chi connectivity index (χ3n) is 4.85. The number of benzene rings is 1. The van der Waals surface area contributed by atoms with Crippen LogP contribution < -0.4 is 10.6 Å². The molecule has 12 heteroatoms. The van der Waals surface area contributed by atoms with E-state index in [1.54, 1.807) is 31.3 Å². The molecule has 3 heterocycles. The molecule has 0 radical (unpaired) electrons. The Balaban J connectivity index is 1.58. The van der Waals surface area contributed by atoms with Gasteiger partial charge in [-0.05, 0) is 31.2 Å². The molecular weight excluding hydrogens is 450 g/mol. The molecule has 1 fully saturated rings. The first kappa shape index (κ1) is 22.1. The van der Waals surface area contributed by atoms with Gasteiger partial charge in [0.25, 0.3) is 0 Å². The number of hydrogen-bond donors (Lipinski definition) is 2. The second kappa shape index (κ2) is 9.17. The normalized spacial score (nSPS) is 14.7. The van der Waals surface area contributed by atoms with E-state index in [0.29, 0.717) is 49.2 Å². The van der Waals surface area contributed by atoms with Crippen LogP contribution in [0.15, 0.2) is 35.4 Å². The van der Waals surface area contributed by atoms with Crippen LogP contribution in [0.5, 0.6) is 0 Å². The van der Waals surface area contributed by atoms with Gasteiger partial charge in [0.2, 0.25) is 16.0 Å². The zero-order chi connectivity index (χ0) is 22.7. The number of nitrogens with one attached hydrogen (secondary N) is 2. The van der Waals surface area contributed by atoms with Crippen LogP contribution in [-0.4, -0.2) is 61.0 Å². The first-order chi connectivity index (χ1) is 15.4. The molecule has 0 atom stereocenters. The third-order valence-corrected chi connectivity index (χ3v) is 7.95. The first-order valence-corrected chi connectivity index (χ1v) is 12.1. The van der Waals surface area contributed by atoms with Crippen molar-refractivity contribution in [3.8, 4) is 16.6 Å². The highest BCUT2D eigenvalue weighted by Crippen LogP contribution is 2.33. The molecule has 1 aromatic carbocycles. The molecule has 166 valence electrons. The number of rotatable bonds is 6. The Morgan fingerprint density at radius 1 is 1.19 bits per heavy atom. The van der Waals surface area contributed by atoms with E-state index in [2.05, 4.69) is 31.7 Å². The van der Waals surface area contributed by atoms with Crippen LogP contribution in [-0.2, 0) is 14.8 Å². The van der Waals surface area contributed by atoms with Gasteiger partial charge in [-0.3, -0.25) is 0 Å². The van der Waals surface area contributed by atoms with Gasteiger partial charge in [0, 0.05) is 25.8 Å². The number of thiazole rings is 1. The Morgan fingerprint density at radius 3 is 2.53 bits per heavy atom. The van der Waals surface area contributed by atoms with Gasteiger partial charge in [0.15, 0.2) is 5.13 Å². The van der Waals surface area contributed by atoms with Crippen LogP contribution in [0, 0.1) is 18.3 Å². The fraction of sp³-hybridized carbons (Fsp3) is 0.300. The minimum atomic E-state index is -3.56. The SMILES string of the molecule is CNc1nc(C)c(-c2nc(Nc3ccc(S(=O)(=O)N4CCOCC4)cc3)ncc2C#N)s1. The second-order valence-electron chi connectivity index (χ2n) is 6.92. The third kappa shape index (κ3) is 4.42.